The van der Waals surface area contributed by atoms with Crippen LogP contribution in [0.4, 0.5) is 0 Å². The summed E-state index contributed by atoms with van der Waals surface area (Å²) in [5.41, 5.74) is 1.12. The Bertz CT molecular complexity index is 784. The van der Waals surface area contributed by atoms with E-state index in [9.17, 15) is 14.4 Å². The van der Waals surface area contributed by atoms with Gasteiger partial charge in [0.15, 0.2) is 0 Å². The largest absolute Gasteiger partial charge is 0.467 e. The predicted molar refractivity (Wildman–Crippen MR) is 121 cm³/mol. The lowest BCUT2D eigenvalue weighted by Gasteiger charge is -2.35. The Labute approximate surface area is 190 Å². The van der Waals surface area contributed by atoms with Gasteiger partial charge in [0, 0.05) is 6.04 Å². The smallest absolute Gasteiger partial charge is 0.328 e. The summed E-state index contributed by atoms with van der Waals surface area (Å²) >= 11 is 0. The molecule has 7 heteroatoms. The lowest BCUT2D eigenvalue weighted by molar-refractivity contribution is -0.154. The van der Waals surface area contributed by atoms with Crippen LogP contribution in [0.25, 0.3) is 0 Å². The van der Waals surface area contributed by atoms with Gasteiger partial charge in [-0.25, -0.2) is 4.79 Å². The van der Waals surface area contributed by atoms with Crippen molar-refractivity contribution in [3.05, 3.63) is 35.9 Å². The average Bonchev–Trinajstić information content (AvgIpc) is 3.21. The highest BCUT2D eigenvalue weighted by atomic mass is 16.5. The number of aryl methyl sites for hydroxylation is 1. The van der Waals surface area contributed by atoms with E-state index in [4.69, 9.17) is 9.47 Å². The van der Waals surface area contributed by atoms with Crippen molar-refractivity contribution in [1.29, 1.82) is 0 Å². The molecule has 5 atom stereocenters. The molecule has 1 aliphatic carbocycles. The molecule has 1 saturated heterocycles. The highest BCUT2D eigenvalue weighted by molar-refractivity contribution is 5.89. The van der Waals surface area contributed by atoms with Gasteiger partial charge in [0.25, 0.3) is 0 Å². The second kappa shape index (κ2) is 11.5. The molecular weight excluding hydrogens is 408 g/mol. The van der Waals surface area contributed by atoms with Crippen LogP contribution in [0.15, 0.2) is 30.3 Å². The van der Waals surface area contributed by atoms with Crippen molar-refractivity contribution < 1.29 is 23.9 Å². The van der Waals surface area contributed by atoms with Crippen LogP contribution in [0.2, 0.25) is 0 Å². The van der Waals surface area contributed by atoms with Crippen LogP contribution < -0.4 is 5.32 Å². The highest BCUT2D eigenvalue weighted by Crippen LogP contribution is 2.40. The van der Waals surface area contributed by atoms with Crippen LogP contribution in [0.5, 0.6) is 0 Å². The molecule has 32 heavy (non-hydrogen) atoms. The number of hydrogen-bond acceptors (Lipinski definition) is 6. The van der Waals surface area contributed by atoms with Crippen LogP contribution in [0, 0.1) is 5.92 Å². The second-order valence-electron chi connectivity index (χ2n) is 8.85. The topological polar surface area (TPSA) is 84.9 Å². The Hall–Kier alpha value is -2.41. The van der Waals surface area contributed by atoms with Gasteiger partial charge in [0.2, 0.25) is 5.91 Å². The lowest BCUT2D eigenvalue weighted by atomic mass is 9.84. The number of carbonyl (C=O) groups excluding carboxylic acids is 3. The Kier molecular flexibility index (Phi) is 8.67. The van der Waals surface area contributed by atoms with Crippen molar-refractivity contribution in [2.24, 2.45) is 5.92 Å². The van der Waals surface area contributed by atoms with Crippen molar-refractivity contribution >= 4 is 17.8 Å². The first-order valence-corrected chi connectivity index (χ1v) is 11.8. The first-order chi connectivity index (χ1) is 15.5. The quantitative estimate of drug-likeness (QED) is 0.590. The molecule has 0 bridgehead atoms. The van der Waals surface area contributed by atoms with E-state index in [1.54, 1.807) is 18.7 Å². The van der Waals surface area contributed by atoms with Crippen molar-refractivity contribution in [3.63, 3.8) is 0 Å². The Balaban J connectivity index is 1.71. The molecule has 176 valence electrons. The zero-order valence-corrected chi connectivity index (χ0v) is 19.4. The Morgan fingerprint density at radius 2 is 1.88 bits per heavy atom. The zero-order chi connectivity index (χ0) is 23.1. The van der Waals surface area contributed by atoms with Gasteiger partial charge in [0.1, 0.15) is 12.1 Å². The van der Waals surface area contributed by atoms with E-state index in [0.717, 1.165) is 31.2 Å². The molecule has 2 aliphatic rings. The number of carbonyl (C=O) groups is 3. The summed E-state index contributed by atoms with van der Waals surface area (Å²) in [5.74, 6) is -0.526. The Morgan fingerprint density at radius 3 is 2.56 bits per heavy atom. The van der Waals surface area contributed by atoms with Gasteiger partial charge in [-0.05, 0) is 57.4 Å². The third-order valence-electron chi connectivity index (χ3n) is 6.77. The number of amides is 1. The molecule has 0 aromatic heterocycles. The number of rotatable bonds is 9. The van der Waals surface area contributed by atoms with Crippen LogP contribution in [0.1, 0.15) is 57.9 Å². The first-order valence-electron chi connectivity index (χ1n) is 11.8. The molecule has 2 fully saturated rings. The second-order valence-corrected chi connectivity index (χ2v) is 8.85. The standard InChI is InChI=1S/C25H36N2O5/c1-4-32-24(29)20(15-14-18-10-6-5-7-11-18)26-17(2)23(28)27-21-13-9-8-12-19(21)16-22(27)25(30)31-3/h5-7,10-11,17,19-22,26H,4,8-9,12-16H2,1-3H3/t17-,19+,20-,21-,22-/m0/s1. The number of fused-ring (bicyclic) bond motifs is 1. The minimum atomic E-state index is -0.618. The molecule has 1 aromatic carbocycles. The molecule has 1 aromatic rings. The Morgan fingerprint density at radius 1 is 1.16 bits per heavy atom. The maximum atomic E-state index is 13.5. The van der Waals surface area contributed by atoms with E-state index in [-0.39, 0.29) is 30.5 Å². The molecule has 7 nitrogen and oxygen atoms in total. The fourth-order valence-electron chi connectivity index (χ4n) is 5.19. The van der Waals surface area contributed by atoms with Crippen LogP contribution in [0.3, 0.4) is 0 Å². The molecule has 1 N–H and O–H groups in total. The minimum Gasteiger partial charge on any atom is -0.467 e. The van der Waals surface area contributed by atoms with E-state index in [1.807, 2.05) is 30.3 Å². The summed E-state index contributed by atoms with van der Waals surface area (Å²) in [5, 5.41) is 3.20. The van der Waals surface area contributed by atoms with Gasteiger partial charge in [-0.1, -0.05) is 43.2 Å². The fourth-order valence-corrected chi connectivity index (χ4v) is 5.19. The lowest BCUT2D eigenvalue weighted by Crippen LogP contribution is -2.56. The third kappa shape index (κ3) is 5.68. The highest BCUT2D eigenvalue weighted by Gasteiger charge is 2.49. The normalized spacial score (nSPS) is 24.3. The molecule has 0 spiro atoms. The third-order valence-corrected chi connectivity index (χ3v) is 6.77. The van der Waals surface area contributed by atoms with E-state index in [0.29, 0.717) is 25.2 Å². The monoisotopic (exact) mass is 444 g/mol. The van der Waals surface area contributed by atoms with Gasteiger partial charge in [-0.2, -0.15) is 0 Å². The maximum absolute atomic E-state index is 13.5. The molecule has 0 unspecified atom stereocenters. The van der Waals surface area contributed by atoms with Crippen LogP contribution in [-0.2, 0) is 30.3 Å². The number of hydrogen-bond donors (Lipinski definition) is 1. The molecule has 1 heterocycles. The maximum Gasteiger partial charge on any atom is 0.328 e. The number of benzene rings is 1. The summed E-state index contributed by atoms with van der Waals surface area (Å²) in [6, 6.07) is 8.23. The summed E-state index contributed by atoms with van der Waals surface area (Å²) in [6.07, 6.45) is 6.01. The summed E-state index contributed by atoms with van der Waals surface area (Å²) in [4.78, 5) is 40.3. The van der Waals surface area contributed by atoms with Gasteiger partial charge in [-0.3, -0.25) is 14.9 Å². The van der Waals surface area contributed by atoms with E-state index < -0.39 is 18.1 Å². The minimum absolute atomic E-state index is 0.0648. The average molecular weight is 445 g/mol. The number of nitrogens with zero attached hydrogens (tertiary/aromatic N) is 1. The van der Waals surface area contributed by atoms with Gasteiger partial charge in [0.05, 0.1) is 19.8 Å². The van der Waals surface area contributed by atoms with E-state index in [1.165, 1.54) is 7.11 Å². The van der Waals surface area contributed by atoms with E-state index >= 15 is 0 Å². The van der Waals surface area contributed by atoms with Crippen molar-refractivity contribution in [2.75, 3.05) is 13.7 Å². The first kappa shape index (κ1) is 24.2. The SMILES string of the molecule is CCOC(=O)[C@H](CCc1ccccc1)N[C@@H](C)C(=O)N1[C@H](C(=O)OC)C[C@H]2CCCC[C@@H]21. The predicted octanol–water partition coefficient (Wildman–Crippen LogP) is 2.86. The molecule has 1 aliphatic heterocycles. The van der Waals surface area contributed by atoms with Crippen molar-refractivity contribution in [3.8, 4) is 0 Å². The number of ether oxygens (including phenoxy) is 2. The van der Waals surface area contributed by atoms with Crippen molar-refractivity contribution in [2.45, 2.75) is 83.0 Å². The fraction of sp³-hybridized carbons (Fsp3) is 0.640. The summed E-state index contributed by atoms with van der Waals surface area (Å²) < 4.78 is 10.3. The molecule has 1 amide bonds. The number of methoxy groups -OCH3 is 1. The molecule has 3 rings (SSSR count). The number of nitrogens with one attached hydrogen (secondary N) is 1. The molecule has 0 radical (unpaired) electrons. The summed E-state index contributed by atoms with van der Waals surface area (Å²) in [6.45, 7) is 3.82. The van der Waals surface area contributed by atoms with E-state index in [2.05, 4.69) is 5.32 Å². The number of likely N-dealkylation sites (tertiary alicyclic amines) is 1. The zero-order valence-electron chi connectivity index (χ0n) is 19.4. The van der Waals surface area contributed by atoms with Gasteiger partial charge >= 0.3 is 11.9 Å². The molecule has 1 saturated carbocycles. The van der Waals surface area contributed by atoms with Crippen LogP contribution >= 0.6 is 0 Å². The van der Waals surface area contributed by atoms with Gasteiger partial charge in [-0.15, -0.1) is 0 Å². The number of esters is 2. The van der Waals surface area contributed by atoms with Crippen molar-refractivity contribution in [1.82, 2.24) is 10.2 Å². The van der Waals surface area contributed by atoms with Gasteiger partial charge < -0.3 is 14.4 Å². The molecular formula is C25H36N2O5. The van der Waals surface area contributed by atoms with Crippen LogP contribution in [-0.4, -0.2) is 60.6 Å². The summed E-state index contributed by atoms with van der Waals surface area (Å²) in [7, 11) is 1.37.